The second-order valence-electron chi connectivity index (χ2n) is 11.2. The highest BCUT2D eigenvalue weighted by Gasteiger charge is 2.14. The first-order valence-corrected chi connectivity index (χ1v) is 18.2. The van der Waals surface area contributed by atoms with Crippen LogP contribution in [0, 0.1) is 10.1 Å². The van der Waals surface area contributed by atoms with Crippen molar-refractivity contribution in [1.29, 1.82) is 0 Å². The Morgan fingerprint density at radius 3 is 1.71 bits per heavy atom. The number of carbonyl (C=O) groups is 2. The maximum atomic E-state index is 11.5. The summed E-state index contributed by atoms with van der Waals surface area (Å²) >= 11 is 6.44. The molecule has 0 aromatic heterocycles. The van der Waals surface area contributed by atoms with Crippen LogP contribution in [0.15, 0.2) is 126 Å². The summed E-state index contributed by atoms with van der Waals surface area (Å²) in [5, 5.41) is 54.9. The lowest BCUT2D eigenvalue weighted by Gasteiger charge is -2.23. The summed E-state index contributed by atoms with van der Waals surface area (Å²) in [5.41, 5.74) is 2.73. The zero-order chi connectivity index (χ0) is 43.5. The Labute approximate surface area is 350 Å². The lowest BCUT2D eigenvalue weighted by molar-refractivity contribution is -0.384. The van der Waals surface area contributed by atoms with Crippen molar-refractivity contribution >= 4 is 77.9 Å². The number of carboxylic acids is 2. The number of carboxylic acid groups (broad SMARTS) is 2. The van der Waals surface area contributed by atoms with Gasteiger partial charge in [0.25, 0.3) is 5.69 Å². The summed E-state index contributed by atoms with van der Waals surface area (Å²) in [6.45, 7) is 3.55. The van der Waals surface area contributed by atoms with Crippen molar-refractivity contribution in [2.75, 3.05) is 46.0 Å². The maximum absolute atomic E-state index is 11.5. The molecule has 0 aliphatic rings. The Kier molecular flexibility index (Phi) is 17.5. The van der Waals surface area contributed by atoms with Crippen LogP contribution < -0.4 is 19.1 Å². The van der Waals surface area contributed by atoms with Gasteiger partial charge in [0, 0.05) is 45.4 Å². The predicted octanol–water partition coefficient (Wildman–Crippen LogP) is 11.2. The van der Waals surface area contributed by atoms with Crippen molar-refractivity contribution in [2.24, 2.45) is 20.5 Å². The number of aromatic hydroxyl groups is 1. The Morgan fingerprint density at radius 2 is 1.26 bits per heavy atom. The molecular formula is C39H37Br2FN6O10. The number of ether oxygens (including phenoxy) is 3. The van der Waals surface area contributed by atoms with Gasteiger partial charge in [0.05, 0.1) is 45.6 Å². The molecule has 0 radical (unpaired) electrons. The van der Waals surface area contributed by atoms with E-state index in [-0.39, 0.29) is 29.2 Å². The second-order valence-corrected chi connectivity index (χ2v) is 13.1. The molecule has 5 rings (SSSR count). The Morgan fingerprint density at radius 1 is 0.776 bits per heavy atom. The number of hydrogen-bond donors (Lipinski definition) is 3. The molecule has 0 unspecified atom stereocenters. The average molecular weight is 930 g/mol. The normalized spacial score (nSPS) is 10.8. The number of halogens is 3. The summed E-state index contributed by atoms with van der Waals surface area (Å²) in [6, 6.07) is 25.4. The molecule has 0 atom stereocenters. The molecule has 58 heavy (non-hydrogen) atoms. The van der Waals surface area contributed by atoms with Crippen LogP contribution in [0.4, 0.5) is 38.5 Å². The molecule has 0 amide bonds. The van der Waals surface area contributed by atoms with Gasteiger partial charge in [0.2, 0.25) is 0 Å². The molecule has 0 fully saturated rings. The lowest BCUT2D eigenvalue weighted by Crippen LogP contribution is -2.28. The van der Waals surface area contributed by atoms with Crippen LogP contribution in [0.1, 0.15) is 29.0 Å². The van der Waals surface area contributed by atoms with E-state index in [0.29, 0.717) is 57.6 Å². The highest BCUT2D eigenvalue weighted by Crippen LogP contribution is 2.41. The number of rotatable bonds is 15. The number of azo groups is 2. The third-order valence-electron chi connectivity index (χ3n) is 7.67. The van der Waals surface area contributed by atoms with E-state index in [2.05, 4.69) is 57.2 Å². The van der Waals surface area contributed by atoms with E-state index < -0.39 is 24.0 Å². The highest BCUT2D eigenvalue weighted by molar-refractivity contribution is 9.10. The molecule has 19 heteroatoms. The molecule has 0 aliphatic carbocycles. The number of likely N-dealkylation sites (N-methyl/N-ethyl adjacent to an activating group) is 1. The van der Waals surface area contributed by atoms with Crippen molar-refractivity contribution in [3.8, 4) is 23.0 Å². The molecule has 0 heterocycles. The van der Waals surface area contributed by atoms with E-state index in [4.69, 9.17) is 25.8 Å². The van der Waals surface area contributed by atoms with Crippen molar-refractivity contribution in [3.63, 3.8) is 0 Å². The number of nitro benzene ring substituents is 1. The van der Waals surface area contributed by atoms with E-state index in [0.717, 1.165) is 10.2 Å². The highest BCUT2D eigenvalue weighted by atomic mass is 79.9. The quantitative estimate of drug-likeness (QED) is 0.0509. The molecule has 0 bridgehead atoms. The smallest absolute Gasteiger partial charge is 0.339 e. The van der Waals surface area contributed by atoms with Gasteiger partial charge in [-0.05, 0) is 79.7 Å². The number of nitro groups is 1. The topological polar surface area (TPSA) is 218 Å². The molecular weight excluding hydrogens is 891 g/mol. The molecule has 0 saturated heterocycles. The van der Waals surface area contributed by atoms with Gasteiger partial charge in [-0.1, -0.05) is 31.9 Å². The molecule has 3 N–H and O–H groups in total. The minimum Gasteiger partial charge on any atom is -0.507 e. The van der Waals surface area contributed by atoms with E-state index >= 15 is 0 Å². The molecule has 5 aromatic rings. The third kappa shape index (κ3) is 13.3. The predicted molar refractivity (Wildman–Crippen MR) is 222 cm³/mol. The van der Waals surface area contributed by atoms with Gasteiger partial charge in [-0.3, -0.25) is 14.5 Å². The van der Waals surface area contributed by atoms with Crippen molar-refractivity contribution in [1.82, 2.24) is 0 Å². The van der Waals surface area contributed by atoms with Gasteiger partial charge in [0.15, 0.2) is 0 Å². The fraction of sp³-hybridized carbons (Fsp3) is 0.179. The minimum absolute atomic E-state index is 0.0417. The molecule has 0 aliphatic heterocycles. The number of anilines is 1. The van der Waals surface area contributed by atoms with Gasteiger partial charge < -0.3 is 34.4 Å². The number of benzene rings is 5. The van der Waals surface area contributed by atoms with Gasteiger partial charge in [-0.2, -0.15) is 10.2 Å². The molecule has 5 aromatic carbocycles. The Balaban J connectivity index is 0.000000563. The standard InChI is InChI=1S/C31H29BrN6O7.C7H5BrO3.CH3F/c1-4-37(15-16-45-28-17-20(32)5-14-25(28)31(39)40)23-10-6-21(7-11-23)33-35-26-18-30(44-3)27(19-29(26)43-2)36-34-22-8-12-24(13-9-22)38(41)42;8-4-1-2-5(7(10)11)6(9)3-4;1-2/h5-14,17-19H,4,15-16H2,1-3H3,(H,39,40);1-3,9H,(H,10,11);1H3/i;;1D. The lowest BCUT2D eigenvalue weighted by atomic mass is 10.2. The first kappa shape index (κ1) is 44.2. The number of phenols is 1. The van der Waals surface area contributed by atoms with Gasteiger partial charge in [-0.25, -0.2) is 9.59 Å². The zero-order valence-electron chi connectivity index (χ0n) is 32.1. The van der Waals surface area contributed by atoms with Crippen molar-refractivity contribution in [2.45, 2.75) is 6.92 Å². The van der Waals surface area contributed by atoms with Crippen molar-refractivity contribution in [3.05, 3.63) is 127 Å². The summed E-state index contributed by atoms with van der Waals surface area (Å²) in [6.07, 6.45) is 0. The Hall–Kier alpha value is -6.47. The average Bonchev–Trinajstić information content (AvgIpc) is 3.21. The maximum Gasteiger partial charge on any atom is 0.339 e. The van der Waals surface area contributed by atoms with Crippen LogP contribution in [-0.2, 0) is 0 Å². The number of hydrogen-bond acceptors (Lipinski definition) is 13. The number of methoxy groups -OCH3 is 2. The summed E-state index contributed by atoms with van der Waals surface area (Å²) in [4.78, 5) is 34.3. The first-order chi connectivity index (χ1) is 28.2. The number of alkyl halides is 1. The number of aromatic carboxylic acids is 2. The Bertz CT molecular complexity index is 2270. The van der Waals surface area contributed by atoms with E-state index in [9.17, 15) is 29.2 Å². The van der Waals surface area contributed by atoms with Gasteiger partial charge in [-0.15, -0.1) is 10.2 Å². The SMILES string of the molecule is CCN(CCOc1cc(Br)ccc1C(=O)O)c1ccc(N=Nc2cc(OC)c(N=Nc3ccc([N+](=O)[O-])cc3)cc2OC)cc1.O=C(O)c1ccc(Br)cc1O.[2H]CF. The van der Waals surface area contributed by atoms with Crippen LogP contribution in [0.3, 0.4) is 0 Å². The van der Waals surface area contributed by atoms with Gasteiger partial charge >= 0.3 is 11.9 Å². The van der Waals surface area contributed by atoms with E-state index in [1.807, 2.05) is 31.2 Å². The monoisotopic (exact) mass is 927 g/mol. The molecule has 0 spiro atoms. The number of nitrogens with zero attached hydrogens (tertiary/aromatic N) is 6. The van der Waals surface area contributed by atoms with Crippen LogP contribution in [-0.4, -0.2) is 73.3 Å². The largest absolute Gasteiger partial charge is 0.507 e. The third-order valence-corrected chi connectivity index (χ3v) is 8.65. The van der Waals surface area contributed by atoms with Crippen LogP contribution in [0.5, 0.6) is 23.0 Å². The van der Waals surface area contributed by atoms with Crippen LogP contribution in [0.2, 0.25) is 0 Å². The van der Waals surface area contributed by atoms with E-state index in [1.54, 1.807) is 30.3 Å². The summed E-state index contributed by atoms with van der Waals surface area (Å²) in [5.74, 6) is -1.34. The fourth-order valence-electron chi connectivity index (χ4n) is 4.83. The van der Waals surface area contributed by atoms with Crippen LogP contribution >= 0.6 is 31.9 Å². The summed E-state index contributed by atoms with van der Waals surface area (Å²) < 4.78 is 33.6. The number of non-ortho nitro benzene ring substituents is 1. The van der Waals surface area contributed by atoms with E-state index in [1.165, 1.54) is 56.7 Å². The zero-order valence-corrected chi connectivity index (χ0v) is 34.3. The minimum atomic E-state index is -1.13. The molecule has 304 valence electrons. The summed E-state index contributed by atoms with van der Waals surface area (Å²) in [7, 11) is 1.98. The second kappa shape index (κ2) is 22.9. The van der Waals surface area contributed by atoms with Gasteiger partial charge in [0.1, 0.15) is 52.1 Å². The molecule has 0 saturated carbocycles. The fourth-order valence-corrected chi connectivity index (χ4v) is 5.52. The van der Waals surface area contributed by atoms with Crippen molar-refractivity contribution < 1.29 is 49.8 Å². The first-order valence-electron chi connectivity index (χ1n) is 17.4. The molecule has 16 nitrogen and oxygen atoms in total. The van der Waals surface area contributed by atoms with Crippen LogP contribution in [0.25, 0.3) is 0 Å².